The second-order valence-electron chi connectivity index (χ2n) is 8.34. The quantitative estimate of drug-likeness (QED) is 0.367. The van der Waals surface area contributed by atoms with E-state index in [1.807, 2.05) is 0 Å². The van der Waals surface area contributed by atoms with E-state index in [1.165, 1.54) is 18.2 Å². The topological polar surface area (TPSA) is 62.9 Å². The highest BCUT2D eigenvalue weighted by molar-refractivity contribution is 7.80. The van der Waals surface area contributed by atoms with Gasteiger partial charge in [-0.25, -0.2) is 13.2 Å². The first-order valence-corrected chi connectivity index (χ1v) is 11.8. The van der Waals surface area contributed by atoms with Gasteiger partial charge in [-0.15, -0.1) is 0 Å². The Hall–Kier alpha value is -2.82. The van der Waals surface area contributed by atoms with E-state index in [4.69, 9.17) is 36.9 Å². The first-order chi connectivity index (χ1) is 17.4. The fourth-order valence-corrected chi connectivity index (χ4v) is 4.17. The van der Waals surface area contributed by atoms with E-state index in [1.54, 1.807) is 54.6 Å². The number of ether oxygens (including phenoxy) is 4. The monoisotopic (exact) mass is 517 g/mol. The zero-order valence-electron chi connectivity index (χ0n) is 19.3. The van der Waals surface area contributed by atoms with Crippen molar-refractivity contribution in [2.75, 3.05) is 6.61 Å². The normalized spacial score (nSPS) is 21.5. The van der Waals surface area contributed by atoms with E-state index in [-0.39, 0.29) is 37.2 Å². The van der Waals surface area contributed by atoms with Crippen molar-refractivity contribution in [3.63, 3.8) is 0 Å². The summed E-state index contributed by atoms with van der Waals surface area (Å²) in [5.41, 5.74) is 7.00. The summed E-state index contributed by atoms with van der Waals surface area (Å²) in [7, 11) is 0. The Kier molecular flexibility index (Phi) is 9.06. The van der Waals surface area contributed by atoms with Crippen molar-refractivity contribution >= 4 is 17.2 Å². The number of benzene rings is 3. The lowest BCUT2D eigenvalue weighted by atomic mass is 10.1. The lowest BCUT2D eigenvalue weighted by molar-refractivity contribution is -0.0904. The molecule has 5 nitrogen and oxygen atoms in total. The Labute approximate surface area is 212 Å². The van der Waals surface area contributed by atoms with Crippen molar-refractivity contribution < 1.29 is 32.1 Å². The fraction of sp³-hybridized carbons (Fsp3) is 0.296. The number of hydrogen-bond donors (Lipinski definition) is 1. The van der Waals surface area contributed by atoms with Crippen LogP contribution in [0.2, 0.25) is 0 Å². The van der Waals surface area contributed by atoms with Crippen molar-refractivity contribution in [3.8, 4) is 0 Å². The van der Waals surface area contributed by atoms with Gasteiger partial charge in [0, 0.05) is 16.7 Å². The van der Waals surface area contributed by atoms with Gasteiger partial charge in [0.25, 0.3) is 0 Å². The van der Waals surface area contributed by atoms with Gasteiger partial charge in [-0.05, 0) is 18.2 Å². The molecule has 36 heavy (non-hydrogen) atoms. The summed E-state index contributed by atoms with van der Waals surface area (Å²) < 4.78 is 66.2. The molecule has 0 bridgehead atoms. The number of halogens is 3. The van der Waals surface area contributed by atoms with Gasteiger partial charge in [0.05, 0.1) is 26.4 Å². The molecule has 3 aromatic rings. The van der Waals surface area contributed by atoms with Crippen molar-refractivity contribution in [3.05, 3.63) is 107 Å². The van der Waals surface area contributed by atoms with Crippen LogP contribution in [0.1, 0.15) is 16.7 Å². The molecule has 0 unspecified atom stereocenters. The minimum atomic E-state index is -0.848. The van der Waals surface area contributed by atoms with Crippen LogP contribution in [0.15, 0.2) is 72.8 Å². The van der Waals surface area contributed by atoms with Gasteiger partial charge in [-0.3, -0.25) is 0 Å². The van der Waals surface area contributed by atoms with Gasteiger partial charge in [0.2, 0.25) is 0 Å². The Balaban J connectivity index is 1.51. The summed E-state index contributed by atoms with van der Waals surface area (Å²) in [5, 5.41) is 0. The third kappa shape index (κ3) is 6.48. The van der Waals surface area contributed by atoms with Crippen LogP contribution in [0.3, 0.4) is 0 Å². The van der Waals surface area contributed by atoms with Gasteiger partial charge in [-0.2, -0.15) is 0 Å². The van der Waals surface area contributed by atoms with Gasteiger partial charge < -0.3 is 24.7 Å². The molecule has 1 heterocycles. The SMILES string of the molecule is NC(=S)[C@@H]1O[C@H](COCc2ccccc2F)[C@@H](OCc2ccccc2F)[C@H]1OCc1ccccc1F. The number of nitrogens with two attached hydrogens (primary N) is 1. The number of thiocarbonyl (C=S) groups is 1. The summed E-state index contributed by atoms with van der Waals surface area (Å²) >= 11 is 5.19. The molecule has 0 aromatic heterocycles. The number of hydrogen-bond acceptors (Lipinski definition) is 5. The summed E-state index contributed by atoms with van der Waals surface area (Å²) in [4.78, 5) is 0.0321. The van der Waals surface area contributed by atoms with Crippen LogP contribution in [0.25, 0.3) is 0 Å². The summed E-state index contributed by atoms with van der Waals surface area (Å²) in [6.07, 6.45) is -3.14. The van der Waals surface area contributed by atoms with E-state index in [0.29, 0.717) is 16.7 Å². The molecule has 0 amide bonds. The van der Waals surface area contributed by atoms with Crippen LogP contribution in [-0.2, 0) is 38.8 Å². The molecular formula is C27H26F3NO4S. The van der Waals surface area contributed by atoms with Crippen LogP contribution in [0.5, 0.6) is 0 Å². The van der Waals surface area contributed by atoms with Crippen molar-refractivity contribution in [1.29, 1.82) is 0 Å². The molecule has 3 aromatic carbocycles. The molecule has 1 aliphatic heterocycles. The largest absolute Gasteiger partial charge is 0.391 e. The van der Waals surface area contributed by atoms with Crippen molar-refractivity contribution in [2.45, 2.75) is 44.2 Å². The van der Waals surface area contributed by atoms with Crippen LogP contribution in [0, 0.1) is 17.5 Å². The molecule has 1 saturated heterocycles. The summed E-state index contributed by atoms with van der Waals surface area (Å²) in [6.45, 7) is -0.143. The van der Waals surface area contributed by atoms with Crippen molar-refractivity contribution in [2.24, 2.45) is 5.73 Å². The molecule has 1 fully saturated rings. The Morgan fingerprint density at radius 2 is 1.17 bits per heavy atom. The van der Waals surface area contributed by atoms with Crippen LogP contribution in [0.4, 0.5) is 13.2 Å². The van der Waals surface area contributed by atoms with Crippen LogP contribution in [-0.4, -0.2) is 36.0 Å². The lowest BCUT2D eigenvalue weighted by Crippen LogP contribution is -2.42. The molecule has 0 aliphatic carbocycles. The Morgan fingerprint density at radius 1 is 0.722 bits per heavy atom. The Bertz CT molecular complexity index is 1180. The van der Waals surface area contributed by atoms with E-state index in [0.717, 1.165) is 0 Å². The molecular weight excluding hydrogens is 491 g/mol. The van der Waals surface area contributed by atoms with E-state index in [2.05, 4.69) is 0 Å². The minimum Gasteiger partial charge on any atom is -0.391 e. The smallest absolute Gasteiger partial charge is 0.137 e. The molecule has 4 atom stereocenters. The molecule has 0 radical (unpaired) electrons. The summed E-state index contributed by atoms with van der Waals surface area (Å²) in [5.74, 6) is -1.22. The van der Waals surface area contributed by atoms with Gasteiger partial charge >= 0.3 is 0 Å². The van der Waals surface area contributed by atoms with Crippen LogP contribution >= 0.6 is 12.2 Å². The van der Waals surface area contributed by atoms with E-state index < -0.39 is 36.1 Å². The van der Waals surface area contributed by atoms with E-state index in [9.17, 15) is 13.2 Å². The first-order valence-electron chi connectivity index (χ1n) is 11.4. The standard InChI is InChI=1S/C27H26F3NO4S/c28-20-10-4-1-7-17(20)13-32-16-23-24(33-14-18-8-2-5-11-21(18)29)25(26(35-23)27(31)36)34-15-19-9-3-6-12-22(19)30/h1-12,23-26H,13-16H2,(H2,31,36)/t23-,24-,25-,26-/m1/s1. The Morgan fingerprint density at radius 3 is 1.64 bits per heavy atom. The number of rotatable bonds is 11. The minimum absolute atomic E-state index is 0.00502. The highest BCUT2D eigenvalue weighted by Gasteiger charge is 2.48. The molecule has 9 heteroatoms. The fourth-order valence-electron chi connectivity index (χ4n) is 3.98. The zero-order chi connectivity index (χ0) is 25.5. The average Bonchev–Trinajstić information content (AvgIpc) is 3.22. The second-order valence-corrected chi connectivity index (χ2v) is 8.81. The van der Waals surface area contributed by atoms with Gasteiger partial charge in [0.15, 0.2) is 0 Å². The first kappa shape index (κ1) is 26.2. The van der Waals surface area contributed by atoms with Crippen LogP contribution < -0.4 is 5.73 Å². The third-order valence-electron chi connectivity index (χ3n) is 5.87. The highest BCUT2D eigenvalue weighted by atomic mass is 32.1. The van der Waals surface area contributed by atoms with E-state index >= 15 is 0 Å². The summed E-state index contributed by atoms with van der Waals surface area (Å²) in [6, 6.07) is 18.7. The van der Waals surface area contributed by atoms with Gasteiger partial charge in [0.1, 0.15) is 46.9 Å². The lowest BCUT2D eigenvalue weighted by Gasteiger charge is -2.25. The second kappa shape index (κ2) is 12.4. The molecule has 0 saturated carbocycles. The third-order valence-corrected chi connectivity index (χ3v) is 6.10. The molecule has 4 rings (SSSR count). The molecule has 0 spiro atoms. The highest BCUT2D eigenvalue weighted by Crippen LogP contribution is 2.30. The molecule has 190 valence electrons. The maximum atomic E-state index is 14.2. The van der Waals surface area contributed by atoms with Gasteiger partial charge in [-0.1, -0.05) is 66.8 Å². The van der Waals surface area contributed by atoms with Crippen molar-refractivity contribution in [1.82, 2.24) is 0 Å². The predicted octanol–water partition coefficient (Wildman–Crippen LogP) is 4.84. The zero-order valence-corrected chi connectivity index (χ0v) is 20.1. The maximum Gasteiger partial charge on any atom is 0.137 e. The molecule has 1 aliphatic rings. The average molecular weight is 518 g/mol. The maximum absolute atomic E-state index is 14.2. The molecule has 2 N–H and O–H groups in total. The predicted molar refractivity (Wildman–Crippen MR) is 131 cm³/mol.